The summed E-state index contributed by atoms with van der Waals surface area (Å²) < 4.78 is 40.5. The zero-order chi connectivity index (χ0) is 11.4. The Balaban J connectivity index is 4.73. The van der Waals surface area contributed by atoms with E-state index in [9.17, 15) is 18.0 Å². The van der Waals surface area contributed by atoms with Gasteiger partial charge in [0.1, 0.15) is 0 Å². The molecule has 0 amide bonds. The quantitative estimate of drug-likeness (QED) is 0.424. The molecule has 0 rings (SSSR count). The van der Waals surface area contributed by atoms with Gasteiger partial charge >= 0.3 is 12.1 Å². The van der Waals surface area contributed by atoms with Crippen LogP contribution in [0.3, 0.4) is 0 Å². The molecule has 0 aliphatic heterocycles. The second kappa shape index (κ2) is 4.85. The van der Waals surface area contributed by atoms with Crippen molar-refractivity contribution in [1.29, 1.82) is 0 Å². The Morgan fingerprint density at radius 1 is 1.43 bits per heavy atom. The molecule has 0 heterocycles. The molecule has 0 aromatic carbocycles. The number of halogens is 3. The third kappa shape index (κ3) is 4.13. The monoisotopic (exact) mass is 212 g/mol. The number of carbonyl (C=O) groups excluding carboxylic acids is 1. The lowest BCUT2D eigenvalue weighted by atomic mass is 10.3. The number of hydrazine groups is 1. The number of hydrogen-bond acceptors (Lipinski definition) is 4. The van der Waals surface area contributed by atoms with Gasteiger partial charge in [0, 0.05) is 20.3 Å². The summed E-state index contributed by atoms with van der Waals surface area (Å²) in [5, 5.41) is 1.26. The molecule has 0 radical (unpaired) electrons. The van der Waals surface area contributed by atoms with Gasteiger partial charge in [0.2, 0.25) is 0 Å². The predicted molar refractivity (Wildman–Crippen MR) is 43.0 cm³/mol. The van der Waals surface area contributed by atoms with E-state index in [1.807, 2.05) is 0 Å². The van der Waals surface area contributed by atoms with E-state index < -0.39 is 17.7 Å². The van der Waals surface area contributed by atoms with Gasteiger partial charge in [-0.2, -0.15) is 13.2 Å². The second-order valence-corrected chi connectivity index (χ2v) is 2.57. The van der Waals surface area contributed by atoms with Crippen LogP contribution < -0.4 is 5.43 Å². The van der Waals surface area contributed by atoms with Crippen molar-refractivity contribution in [2.75, 3.05) is 21.2 Å². The van der Waals surface area contributed by atoms with Crippen LogP contribution in [0.5, 0.6) is 0 Å². The SMILES string of the molecule is COC(=O)/C(=C\NN(C)C)C(F)(F)F. The molecule has 4 nitrogen and oxygen atoms in total. The van der Waals surface area contributed by atoms with Crippen LogP contribution in [-0.4, -0.2) is 38.4 Å². The minimum Gasteiger partial charge on any atom is -0.465 e. The summed E-state index contributed by atoms with van der Waals surface area (Å²) in [5.41, 5.74) is 0.837. The van der Waals surface area contributed by atoms with Gasteiger partial charge in [0.15, 0.2) is 5.57 Å². The highest BCUT2D eigenvalue weighted by Gasteiger charge is 2.39. The van der Waals surface area contributed by atoms with E-state index in [4.69, 9.17) is 0 Å². The van der Waals surface area contributed by atoms with Crippen LogP contribution in [0.4, 0.5) is 13.2 Å². The maximum absolute atomic E-state index is 12.2. The standard InChI is InChI=1S/C7H11F3N2O2/c1-12(2)11-4-5(6(13)14-3)7(8,9)10/h4,11H,1-3H3/b5-4+. The average molecular weight is 212 g/mol. The lowest BCUT2D eigenvalue weighted by Crippen LogP contribution is -2.30. The molecule has 0 aliphatic carbocycles. The number of hydrogen-bond donors (Lipinski definition) is 1. The van der Waals surface area contributed by atoms with E-state index in [-0.39, 0.29) is 0 Å². The number of esters is 1. The lowest BCUT2D eigenvalue weighted by molar-refractivity contribution is -0.148. The molecular formula is C7H11F3N2O2. The molecular weight excluding hydrogens is 201 g/mol. The molecule has 0 saturated heterocycles. The Morgan fingerprint density at radius 2 is 1.93 bits per heavy atom. The summed E-state index contributed by atoms with van der Waals surface area (Å²) in [5.74, 6) is -1.42. The molecule has 82 valence electrons. The van der Waals surface area contributed by atoms with Crippen molar-refractivity contribution in [3.8, 4) is 0 Å². The topological polar surface area (TPSA) is 41.6 Å². The molecule has 7 heteroatoms. The number of methoxy groups -OCH3 is 1. The zero-order valence-electron chi connectivity index (χ0n) is 7.97. The highest BCUT2D eigenvalue weighted by atomic mass is 19.4. The van der Waals surface area contributed by atoms with Gasteiger partial charge < -0.3 is 10.2 Å². The zero-order valence-corrected chi connectivity index (χ0v) is 7.97. The molecule has 0 atom stereocenters. The van der Waals surface area contributed by atoms with E-state index >= 15 is 0 Å². The molecule has 0 unspecified atom stereocenters. The lowest BCUT2D eigenvalue weighted by Gasteiger charge is -2.13. The first kappa shape index (κ1) is 12.8. The maximum Gasteiger partial charge on any atom is 0.424 e. The average Bonchev–Trinajstić information content (AvgIpc) is 2.01. The molecule has 0 fully saturated rings. The third-order valence-electron chi connectivity index (χ3n) is 1.18. The van der Waals surface area contributed by atoms with Gasteiger partial charge in [-0.15, -0.1) is 0 Å². The fourth-order valence-corrected chi connectivity index (χ4v) is 0.560. The van der Waals surface area contributed by atoms with Crippen molar-refractivity contribution in [3.63, 3.8) is 0 Å². The van der Waals surface area contributed by atoms with Gasteiger partial charge in [0.05, 0.1) is 7.11 Å². The van der Waals surface area contributed by atoms with Gasteiger partial charge in [0.25, 0.3) is 0 Å². The van der Waals surface area contributed by atoms with Crippen molar-refractivity contribution in [1.82, 2.24) is 10.4 Å². The Kier molecular flexibility index (Phi) is 4.42. The van der Waals surface area contributed by atoms with Gasteiger partial charge in [-0.1, -0.05) is 0 Å². The summed E-state index contributed by atoms with van der Waals surface area (Å²) in [4.78, 5) is 10.7. The normalized spacial score (nSPS) is 12.9. The van der Waals surface area contributed by atoms with Crippen LogP contribution in [0.15, 0.2) is 11.8 Å². The number of nitrogens with zero attached hydrogens (tertiary/aromatic N) is 1. The fourth-order valence-electron chi connectivity index (χ4n) is 0.560. The van der Waals surface area contributed by atoms with Gasteiger partial charge in [-0.25, -0.2) is 9.80 Å². The summed E-state index contributed by atoms with van der Waals surface area (Å²) in [7, 11) is 3.86. The van der Waals surface area contributed by atoms with Crippen molar-refractivity contribution in [3.05, 3.63) is 11.8 Å². The smallest absolute Gasteiger partial charge is 0.424 e. The third-order valence-corrected chi connectivity index (χ3v) is 1.18. The highest BCUT2D eigenvalue weighted by molar-refractivity contribution is 5.89. The largest absolute Gasteiger partial charge is 0.465 e. The first-order chi connectivity index (χ1) is 6.29. The number of carbonyl (C=O) groups is 1. The minimum atomic E-state index is -4.73. The summed E-state index contributed by atoms with van der Waals surface area (Å²) in [6.07, 6.45) is -4.18. The van der Waals surface area contributed by atoms with Crippen LogP contribution in [0, 0.1) is 0 Å². The molecule has 0 aromatic rings. The van der Waals surface area contributed by atoms with Crippen LogP contribution >= 0.6 is 0 Å². The molecule has 1 N–H and O–H groups in total. The molecule has 0 spiro atoms. The van der Waals surface area contributed by atoms with Crippen molar-refractivity contribution in [2.45, 2.75) is 6.18 Å². The Morgan fingerprint density at radius 3 is 2.21 bits per heavy atom. The molecule has 0 aromatic heterocycles. The van der Waals surface area contributed by atoms with Crippen molar-refractivity contribution in [2.24, 2.45) is 0 Å². The van der Waals surface area contributed by atoms with Gasteiger partial charge in [-0.3, -0.25) is 0 Å². The number of rotatable bonds is 3. The number of ether oxygens (including phenoxy) is 1. The minimum absolute atomic E-state index is 0.547. The van der Waals surface area contributed by atoms with E-state index in [1.165, 1.54) is 19.1 Å². The molecule has 0 aliphatic rings. The molecule has 0 bridgehead atoms. The van der Waals surface area contributed by atoms with Gasteiger partial charge in [-0.05, 0) is 0 Å². The Labute approximate surface area is 79.3 Å². The van der Waals surface area contributed by atoms with E-state index in [0.717, 1.165) is 7.11 Å². The molecule has 0 saturated carbocycles. The Bertz CT molecular complexity index is 236. The first-order valence-electron chi connectivity index (χ1n) is 3.58. The van der Waals surface area contributed by atoms with Crippen LogP contribution in [0.1, 0.15) is 0 Å². The van der Waals surface area contributed by atoms with Crippen molar-refractivity contribution < 1.29 is 22.7 Å². The second-order valence-electron chi connectivity index (χ2n) is 2.57. The first-order valence-corrected chi connectivity index (χ1v) is 3.58. The van der Waals surface area contributed by atoms with E-state index in [0.29, 0.717) is 6.20 Å². The summed E-state index contributed by atoms with van der Waals surface area (Å²) >= 11 is 0. The number of alkyl halides is 3. The fraction of sp³-hybridized carbons (Fsp3) is 0.571. The van der Waals surface area contributed by atoms with E-state index in [1.54, 1.807) is 0 Å². The molecule has 14 heavy (non-hydrogen) atoms. The number of nitrogens with one attached hydrogen (secondary N) is 1. The van der Waals surface area contributed by atoms with E-state index in [2.05, 4.69) is 10.2 Å². The summed E-state index contributed by atoms with van der Waals surface area (Å²) in [6.45, 7) is 0. The van der Waals surface area contributed by atoms with Crippen LogP contribution in [0.25, 0.3) is 0 Å². The van der Waals surface area contributed by atoms with Crippen LogP contribution in [0.2, 0.25) is 0 Å². The predicted octanol–water partition coefficient (Wildman–Crippen LogP) is 0.672. The maximum atomic E-state index is 12.2. The highest BCUT2D eigenvalue weighted by Crippen LogP contribution is 2.25. The van der Waals surface area contributed by atoms with Crippen molar-refractivity contribution >= 4 is 5.97 Å². The summed E-state index contributed by atoms with van der Waals surface area (Å²) in [6, 6.07) is 0. The van der Waals surface area contributed by atoms with Crippen LogP contribution in [-0.2, 0) is 9.53 Å². The Hall–Kier alpha value is -1.24.